The van der Waals surface area contributed by atoms with E-state index >= 15 is 0 Å². The van der Waals surface area contributed by atoms with Crippen LogP contribution in [0.15, 0.2) is 24.8 Å². The standard InChI is InChI=1S/C13H14O4/c1-4-5-8-13(15)10(14)7-6-9-11(13)17-12(2,3)16-9/h4,6-7,9,11,15H,1H2,2-3H3/t9-,11-,13-/m0/s1. The van der Waals surface area contributed by atoms with Gasteiger partial charge in [0.2, 0.25) is 11.4 Å². The van der Waals surface area contributed by atoms with E-state index in [0.29, 0.717) is 0 Å². The zero-order chi connectivity index (χ0) is 12.7. The Hall–Kier alpha value is -1.41. The first-order valence-corrected chi connectivity index (χ1v) is 5.33. The zero-order valence-electron chi connectivity index (χ0n) is 9.77. The lowest BCUT2D eigenvalue weighted by Crippen LogP contribution is -2.54. The summed E-state index contributed by atoms with van der Waals surface area (Å²) in [7, 11) is 0. The lowest BCUT2D eigenvalue weighted by Gasteiger charge is -2.30. The van der Waals surface area contributed by atoms with E-state index in [-0.39, 0.29) is 0 Å². The third kappa shape index (κ3) is 1.93. The normalized spacial score (nSPS) is 38.2. The molecule has 1 aliphatic heterocycles. The Balaban J connectivity index is 2.41. The van der Waals surface area contributed by atoms with Gasteiger partial charge in [0.1, 0.15) is 12.2 Å². The van der Waals surface area contributed by atoms with Crippen molar-refractivity contribution in [3.63, 3.8) is 0 Å². The van der Waals surface area contributed by atoms with Crippen molar-refractivity contribution in [3.05, 3.63) is 24.8 Å². The van der Waals surface area contributed by atoms with Gasteiger partial charge >= 0.3 is 0 Å². The fourth-order valence-electron chi connectivity index (χ4n) is 2.00. The van der Waals surface area contributed by atoms with Crippen LogP contribution in [-0.4, -0.2) is 34.5 Å². The van der Waals surface area contributed by atoms with Crippen LogP contribution in [0, 0.1) is 11.8 Å². The van der Waals surface area contributed by atoms with Gasteiger partial charge in [0, 0.05) is 0 Å². The molecule has 1 saturated heterocycles. The summed E-state index contributed by atoms with van der Waals surface area (Å²) in [5, 5.41) is 10.3. The molecule has 17 heavy (non-hydrogen) atoms. The van der Waals surface area contributed by atoms with Gasteiger partial charge in [-0.2, -0.15) is 0 Å². The van der Waals surface area contributed by atoms with Crippen molar-refractivity contribution in [2.45, 2.75) is 37.4 Å². The summed E-state index contributed by atoms with van der Waals surface area (Å²) in [5.74, 6) is 3.66. The largest absolute Gasteiger partial charge is 0.368 e. The van der Waals surface area contributed by atoms with Gasteiger partial charge in [0.25, 0.3) is 0 Å². The van der Waals surface area contributed by atoms with Crippen molar-refractivity contribution in [3.8, 4) is 11.8 Å². The summed E-state index contributed by atoms with van der Waals surface area (Å²) in [4.78, 5) is 11.8. The monoisotopic (exact) mass is 234 g/mol. The minimum atomic E-state index is -1.86. The molecule has 4 nitrogen and oxygen atoms in total. The zero-order valence-corrected chi connectivity index (χ0v) is 9.77. The Kier molecular flexibility index (Phi) is 2.70. The number of rotatable bonds is 0. The van der Waals surface area contributed by atoms with Gasteiger partial charge in [0.15, 0.2) is 5.79 Å². The number of allylic oxidation sites excluding steroid dienone is 1. The summed E-state index contributed by atoms with van der Waals surface area (Å²) in [6.45, 7) is 6.88. The molecule has 0 unspecified atom stereocenters. The SMILES string of the molecule is C=CC#C[C@]1(O)C(=O)C=C[C@@H]2OC(C)(C)O[C@@H]21. The van der Waals surface area contributed by atoms with Gasteiger partial charge in [-0.25, -0.2) is 0 Å². The molecule has 2 aliphatic rings. The molecule has 3 atom stereocenters. The van der Waals surface area contributed by atoms with Crippen LogP contribution in [0.25, 0.3) is 0 Å². The second-order valence-corrected chi connectivity index (χ2v) is 4.48. The Bertz CT molecular complexity index is 452. The Morgan fingerprint density at radius 2 is 2.24 bits per heavy atom. The molecular weight excluding hydrogens is 220 g/mol. The molecule has 0 aromatic carbocycles. The molecule has 0 amide bonds. The fourth-order valence-corrected chi connectivity index (χ4v) is 2.00. The third-order valence-corrected chi connectivity index (χ3v) is 2.72. The molecule has 0 radical (unpaired) electrons. The highest BCUT2D eigenvalue weighted by Gasteiger charge is 2.56. The maximum Gasteiger partial charge on any atom is 0.218 e. The molecular formula is C13H14O4. The average Bonchev–Trinajstić information content (AvgIpc) is 2.58. The molecule has 1 heterocycles. The molecule has 2 rings (SSSR count). The Morgan fingerprint density at radius 1 is 1.53 bits per heavy atom. The van der Waals surface area contributed by atoms with Gasteiger partial charge in [0.05, 0.1) is 0 Å². The van der Waals surface area contributed by atoms with Crippen molar-refractivity contribution >= 4 is 5.78 Å². The van der Waals surface area contributed by atoms with Gasteiger partial charge in [-0.3, -0.25) is 4.79 Å². The Labute approximate surface area is 99.9 Å². The molecule has 0 bridgehead atoms. The first-order valence-electron chi connectivity index (χ1n) is 5.33. The molecule has 1 N–H and O–H groups in total. The molecule has 1 fully saturated rings. The number of fused-ring (bicyclic) bond motifs is 1. The quantitative estimate of drug-likeness (QED) is 0.622. The highest BCUT2D eigenvalue weighted by atomic mass is 16.8. The third-order valence-electron chi connectivity index (χ3n) is 2.72. The predicted octanol–water partition coefficient (Wildman–Crippen LogP) is 0.566. The number of carbonyl (C=O) groups excluding carboxylic acids is 1. The fraction of sp³-hybridized carbons (Fsp3) is 0.462. The number of carbonyl (C=O) groups is 1. The number of ether oxygens (including phenoxy) is 2. The molecule has 0 saturated carbocycles. The van der Waals surface area contributed by atoms with Crippen LogP contribution in [0.3, 0.4) is 0 Å². The van der Waals surface area contributed by atoms with Crippen LogP contribution in [0.4, 0.5) is 0 Å². The number of aliphatic hydroxyl groups is 1. The molecule has 4 heteroatoms. The second-order valence-electron chi connectivity index (χ2n) is 4.48. The summed E-state index contributed by atoms with van der Waals surface area (Å²) in [6, 6.07) is 0. The smallest absolute Gasteiger partial charge is 0.218 e. The Morgan fingerprint density at radius 3 is 2.88 bits per heavy atom. The first-order chi connectivity index (χ1) is 7.89. The second kappa shape index (κ2) is 3.81. The summed E-state index contributed by atoms with van der Waals surface area (Å²) < 4.78 is 11.1. The minimum Gasteiger partial charge on any atom is -0.368 e. The van der Waals surface area contributed by atoms with E-state index in [1.807, 2.05) is 0 Å². The summed E-state index contributed by atoms with van der Waals surface area (Å²) >= 11 is 0. The number of ketones is 1. The van der Waals surface area contributed by atoms with Gasteiger partial charge in [-0.05, 0) is 32.1 Å². The minimum absolute atomic E-state index is 0.466. The van der Waals surface area contributed by atoms with E-state index < -0.39 is 29.4 Å². The van der Waals surface area contributed by atoms with Crippen molar-refractivity contribution in [2.75, 3.05) is 0 Å². The number of hydrogen-bond donors (Lipinski definition) is 1. The van der Waals surface area contributed by atoms with Gasteiger partial charge in [-0.15, -0.1) is 0 Å². The maximum absolute atomic E-state index is 11.8. The lowest BCUT2D eigenvalue weighted by molar-refractivity contribution is -0.165. The van der Waals surface area contributed by atoms with Crippen molar-refractivity contribution in [1.82, 2.24) is 0 Å². The van der Waals surface area contributed by atoms with Crippen molar-refractivity contribution in [1.29, 1.82) is 0 Å². The average molecular weight is 234 g/mol. The van der Waals surface area contributed by atoms with Crippen molar-refractivity contribution < 1.29 is 19.4 Å². The van der Waals surface area contributed by atoms with Gasteiger partial charge in [-0.1, -0.05) is 18.4 Å². The molecule has 0 aromatic heterocycles. The van der Waals surface area contributed by atoms with E-state index in [2.05, 4.69) is 18.4 Å². The van der Waals surface area contributed by atoms with E-state index in [4.69, 9.17) is 9.47 Å². The van der Waals surface area contributed by atoms with Crippen LogP contribution in [0.5, 0.6) is 0 Å². The molecule has 0 aromatic rings. The van der Waals surface area contributed by atoms with Crippen LogP contribution < -0.4 is 0 Å². The van der Waals surface area contributed by atoms with E-state index in [0.717, 1.165) is 0 Å². The van der Waals surface area contributed by atoms with E-state index in [1.165, 1.54) is 12.2 Å². The topological polar surface area (TPSA) is 55.8 Å². The number of hydrogen-bond acceptors (Lipinski definition) is 4. The van der Waals surface area contributed by atoms with Crippen molar-refractivity contribution in [2.24, 2.45) is 0 Å². The highest BCUT2D eigenvalue weighted by molar-refractivity contribution is 6.01. The lowest BCUT2D eigenvalue weighted by atomic mass is 9.84. The van der Waals surface area contributed by atoms with Crippen LogP contribution in [0.1, 0.15) is 13.8 Å². The van der Waals surface area contributed by atoms with Crippen LogP contribution in [-0.2, 0) is 14.3 Å². The summed E-state index contributed by atoms with van der Waals surface area (Å²) in [6.07, 6.45) is 2.92. The van der Waals surface area contributed by atoms with Gasteiger partial charge < -0.3 is 14.6 Å². The predicted molar refractivity (Wildman–Crippen MR) is 60.9 cm³/mol. The van der Waals surface area contributed by atoms with E-state index in [9.17, 15) is 9.90 Å². The van der Waals surface area contributed by atoms with Crippen LogP contribution >= 0.6 is 0 Å². The highest BCUT2D eigenvalue weighted by Crippen LogP contribution is 2.37. The summed E-state index contributed by atoms with van der Waals surface area (Å²) in [5.41, 5.74) is -1.86. The molecule has 1 aliphatic carbocycles. The maximum atomic E-state index is 11.8. The van der Waals surface area contributed by atoms with E-state index in [1.54, 1.807) is 19.9 Å². The molecule has 0 spiro atoms. The molecule has 90 valence electrons. The first kappa shape index (κ1) is 12.1. The van der Waals surface area contributed by atoms with Crippen LogP contribution in [0.2, 0.25) is 0 Å².